The number of fused-ring (bicyclic) bond motifs is 1. The van der Waals surface area contributed by atoms with Gasteiger partial charge in [0.05, 0.1) is 21.3 Å². The Bertz CT molecular complexity index is 1160. The molecular formula is C29H36N2O4. The summed E-state index contributed by atoms with van der Waals surface area (Å²) in [5.74, 6) is 2.92. The van der Waals surface area contributed by atoms with Crippen molar-refractivity contribution in [3.63, 3.8) is 0 Å². The van der Waals surface area contributed by atoms with E-state index in [1.807, 2.05) is 26.2 Å². The summed E-state index contributed by atoms with van der Waals surface area (Å²) in [6.45, 7) is 2.96. The van der Waals surface area contributed by atoms with Crippen molar-refractivity contribution in [3.8, 4) is 23.0 Å². The summed E-state index contributed by atoms with van der Waals surface area (Å²) in [6.07, 6.45) is 1.52. The molecule has 1 aliphatic rings. The fraction of sp³-hybridized carbons (Fsp3) is 0.379. The van der Waals surface area contributed by atoms with Gasteiger partial charge in [-0.15, -0.1) is 0 Å². The number of ether oxygens (including phenoxy) is 4. The van der Waals surface area contributed by atoms with E-state index >= 15 is 0 Å². The molecule has 0 fully saturated rings. The van der Waals surface area contributed by atoms with Crippen molar-refractivity contribution in [1.82, 2.24) is 5.32 Å². The lowest BCUT2D eigenvalue weighted by molar-refractivity contribution is 0.207. The van der Waals surface area contributed by atoms with Gasteiger partial charge in [-0.1, -0.05) is 24.3 Å². The molecule has 2 atom stereocenters. The van der Waals surface area contributed by atoms with Crippen LogP contribution in [0.5, 0.6) is 23.0 Å². The summed E-state index contributed by atoms with van der Waals surface area (Å²) in [4.78, 5) is 2.10. The Hall–Kier alpha value is -3.38. The van der Waals surface area contributed by atoms with Gasteiger partial charge in [0.2, 0.25) is 5.75 Å². The highest BCUT2D eigenvalue weighted by Gasteiger charge is 2.30. The third kappa shape index (κ3) is 5.33. The topological polar surface area (TPSA) is 52.2 Å². The maximum atomic E-state index is 6.72. The van der Waals surface area contributed by atoms with Crippen LogP contribution in [0.15, 0.2) is 54.6 Å². The van der Waals surface area contributed by atoms with Gasteiger partial charge in [-0.25, -0.2) is 0 Å². The molecule has 0 bridgehead atoms. The van der Waals surface area contributed by atoms with E-state index in [2.05, 4.69) is 59.6 Å². The van der Waals surface area contributed by atoms with Crippen LogP contribution in [-0.2, 0) is 12.8 Å². The van der Waals surface area contributed by atoms with E-state index < -0.39 is 0 Å². The maximum Gasteiger partial charge on any atom is 0.203 e. The molecule has 0 radical (unpaired) electrons. The molecule has 0 aromatic heterocycles. The Labute approximate surface area is 208 Å². The lowest BCUT2D eigenvalue weighted by atomic mass is 9.88. The molecule has 0 amide bonds. The van der Waals surface area contributed by atoms with Crippen molar-refractivity contribution >= 4 is 5.69 Å². The molecule has 2 unspecified atom stereocenters. The lowest BCUT2D eigenvalue weighted by Crippen LogP contribution is -2.32. The number of nitrogens with zero attached hydrogens (tertiary/aromatic N) is 1. The van der Waals surface area contributed by atoms with Crippen LogP contribution in [0.4, 0.5) is 5.69 Å². The largest absolute Gasteiger partial charge is 0.497 e. The van der Waals surface area contributed by atoms with Crippen LogP contribution in [0.25, 0.3) is 0 Å². The van der Waals surface area contributed by atoms with Crippen LogP contribution in [0.1, 0.15) is 41.3 Å². The van der Waals surface area contributed by atoms with Crippen LogP contribution in [0.2, 0.25) is 0 Å². The molecule has 0 spiro atoms. The first-order chi connectivity index (χ1) is 16.9. The summed E-state index contributed by atoms with van der Waals surface area (Å²) in [5, 5.41) is 3.70. The van der Waals surface area contributed by atoms with Crippen LogP contribution in [0, 0.1) is 0 Å². The van der Waals surface area contributed by atoms with E-state index in [0.717, 1.165) is 47.7 Å². The zero-order chi connectivity index (χ0) is 24.9. The molecule has 0 saturated carbocycles. The van der Waals surface area contributed by atoms with Gasteiger partial charge in [-0.2, -0.15) is 0 Å². The minimum absolute atomic E-state index is 0.0703. The highest BCUT2D eigenvalue weighted by molar-refractivity contribution is 5.61. The molecule has 6 nitrogen and oxygen atoms in total. The second-order valence-corrected chi connectivity index (χ2v) is 9.08. The first kappa shape index (κ1) is 24.7. The number of anilines is 1. The smallest absolute Gasteiger partial charge is 0.203 e. The summed E-state index contributed by atoms with van der Waals surface area (Å²) < 4.78 is 23.7. The van der Waals surface area contributed by atoms with Gasteiger partial charge < -0.3 is 29.2 Å². The van der Waals surface area contributed by atoms with Crippen molar-refractivity contribution in [2.24, 2.45) is 0 Å². The summed E-state index contributed by atoms with van der Waals surface area (Å²) in [7, 11) is 9.12. The van der Waals surface area contributed by atoms with E-state index in [1.54, 1.807) is 21.3 Å². The molecule has 3 aromatic rings. The van der Waals surface area contributed by atoms with E-state index in [1.165, 1.54) is 11.1 Å². The number of hydrogen-bond acceptors (Lipinski definition) is 6. The van der Waals surface area contributed by atoms with E-state index in [9.17, 15) is 0 Å². The molecular weight excluding hydrogens is 440 g/mol. The molecule has 4 rings (SSSR count). The Morgan fingerprint density at radius 1 is 0.943 bits per heavy atom. The van der Waals surface area contributed by atoms with Gasteiger partial charge >= 0.3 is 0 Å². The van der Waals surface area contributed by atoms with E-state index in [0.29, 0.717) is 11.5 Å². The summed E-state index contributed by atoms with van der Waals surface area (Å²) >= 11 is 0. The van der Waals surface area contributed by atoms with Crippen molar-refractivity contribution in [3.05, 3.63) is 76.9 Å². The maximum absolute atomic E-state index is 6.72. The Balaban J connectivity index is 1.76. The van der Waals surface area contributed by atoms with Gasteiger partial charge in [-0.3, -0.25) is 0 Å². The summed E-state index contributed by atoms with van der Waals surface area (Å²) in [6, 6.07) is 18.8. The lowest BCUT2D eigenvalue weighted by Gasteiger charge is -2.32. The molecule has 1 aliphatic heterocycles. The van der Waals surface area contributed by atoms with Gasteiger partial charge in [0, 0.05) is 31.4 Å². The SMILES string of the molecule is COc1cccc(CC2NCCc3cc(OC)c(OC)c(OC(C)c4cccc(N(C)C)c4)c32)c1. The van der Waals surface area contributed by atoms with Crippen LogP contribution < -0.4 is 29.2 Å². The fourth-order valence-corrected chi connectivity index (χ4v) is 4.73. The first-order valence-corrected chi connectivity index (χ1v) is 12.0. The fourth-order valence-electron chi connectivity index (χ4n) is 4.73. The van der Waals surface area contributed by atoms with Crippen molar-refractivity contribution in [2.45, 2.75) is 31.9 Å². The molecule has 3 aromatic carbocycles. The van der Waals surface area contributed by atoms with Crippen molar-refractivity contribution < 1.29 is 18.9 Å². The van der Waals surface area contributed by atoms with Gasteiger partial charge in [0.25, 0.3) is 0 Å². The van der Waals surface area contributed by atoms with Gasteiger partial charge in [0.15, 0.2) is 11.5 Å². The molecule has 0 aliphatic carbocycles. The molecule has 0 saturated heterocycles. The Morgan fingerprint density at radius 3 is 2.46 bits per heavy atom. The number of nitrogens with one attached hydrogen (secondary N) is 1. The highest BCUT2D eigenvalue weighted by Crippen LogP contribution is 2.48. The van der Waals surface area contributed by atoms with E-state index in [-0.39, 0.29) is 12.1 Å². The average Bonchev–Trinajstić information content (AvgIpc) is 2.88. The third-order valence-electron chi connectivity index (χ3n) is 6.61. The van der Waals surface area contributed by atoms with Crippen LogP contribution in [0.3, 0.4) is 0 Å². The number of rotatable bonds is 9. The zero-order valence-corrected chi connectivity index (χ0v) is 21.6. The normalized spacial score (nSPS) is 15.7. The number of benzene rings is 3. The number of hydrogen-bond donors (Lipinski definition) is 1. The van der Waals surface area contributed by atoms with Crippen LogP contribution >= 0.6 is 0 Å². The Morgan fingerprint density at radius 2 is 1.74 bits per heavy atom. The first-order valence-electron chi connectivity index (χ1n) is 12.0. The van der Waals surface area contributed by atoms with E-state index in [4.69, 9.17) is 18.9 Å². The molecule has 35 heavy (non-hydrogen) atoms. The third-order valence-corrected chi connectivity index (χ3v) is 6.61. The van der Waals surface area contributed by atoms with Gasteiger partial charge in [-0.05, 0) is 73.3 Å². The quantitative estimate of drug-likeness (QED) is 0.449. The summed E-state index contributed by atoms with van der Waals surface area (Å²) in [5.41, 5.74) is 5.78. The number of methoxy groups -OCH3 is 3. The second kappa shape index (κ2) is 10.9. The minimum atomic E-state index is -0.181. The standard InChI is InChI=1S/C29H36N2O4/c1-19(21-10-8-11-23(17-21)31(2)3)35-29-27-22(18-26(33-5)28(29)34-6)13-14-30-25(27)16-20-9-7-12-24(15-20)32-4/h7-12,15,17-19,25,30H,13-14,16H2,1-6H3. The van der Waals surface area contributed by atoms with Crippen molar-refractivity contribution in [1.29, 1.82) is 0 Å². The second-order valence-electron chi connectivity index (χ2n) is 9.08. The van der Waals surface area contributed by atoms with Crippen molar-refractivity contribution in [2.75, 3.05) is 46.9 Å². The average molecular weight is 477 g/mol. The monoisotopic (exact) mass is 476 g/mol. The zero-order valence-electron chi connectivity index (χ0n) is 21.6. The molecule has 1 heterocycles. The minimum Gasteiger partial charge on any atom is -0.497 e. The Kier molecular flexibility index (Phi) is 7.71. The van der Waals surface area contributed by atoms with Crippen LogP contribution in [-0.4, -0.2) is 42.0 Å². The molecule has 1 N–H and O–H groups in total. The predicted octanol–water partition coefficient (Wildman–Crippen LogP) is 5.35. The molecule has 6 heteroatoms. The van der Waals surface area contributed by atoms with Gasteiger partial charge in [0.1, 0.15) is 11.9 Å². The predicted molar refractivity (Wildman–Crippen MR) is 141 cm³/mol. The highest BCUT2D eigenvalue weighted by atomic mass is 16.5. The molecule has 186 valence electrons.